The van der Waals surface area contributed by atoms with Gasteiger partial charge in [0.1, 0.15) is 0 Å². The Morgan fingerprint density at radius 1 is 1.40 bits per heavy atom. The highest BCUT2D eigenvalue weighted by molar-refractivity contribution is 5.77. The lowest BCUT2D eigenvalue weighted by Crippen LogP contribution is -2.54. The Morgan fingerprint density at radius 2 is 1.93 bits per heavy atom. The van der Waals surface area contributed by atoms with E-state index in [1.54, 1.807) is 6.92 Å². The molecule has 0 radical (unpaired) electrons. The summed E-state index contributed by atoms with van der Waals surface area (Å²) in [6.45, 7) is 3.16. The van der Waals surface area contributed by atoms with Crippen LogP contribution in [0.15, 0.2) is 0 Å². The van der Waals surface area contributed by atoms with Gasteiger partial charge in [0, 0.05) is 12.5 Å². The predicted octanol–water partition coefficient (Wildman–Crippen LogP) is -0.637. The van der Waals surface area contributed by atoms with Crippen molar-refractivity contribution < 1.29 is 15.0 Å². The van der Waals surface area contributed by atoms with Crippen LogP contribution in [0.4, 0.5) is 0 Å². The zero-order chi connectivity index (χ0) is 11.9. The van der Waals surface area contributed by atoms with Gasteiger partial charge in [-0.15, -0.1) is 0 Å². The van der Waals surface area contributed by atoms with Crippen LogP contribution in [0.3, 0.4) is 0 Å². The molecule has 0 aromatic heterocycles. The van der Waals surface area contributed by atoms with E-state index >= 15 is 0 Å². The highest BCUT2D eigenvalue weighted by Gasteiger charge is 2.28. The molecule has 0 aliphatic rings. The second-order valence-electron chi connectivity index (χ2n) is 3.87. The average Bonchev–Trinajstić information content (AvgIpc) is 2.26. The van der Waals surface area contributed by atoms with Gasteiger partial charge in [-0.1, -0.05) is 13.8 Å². The summed E-state index contributed by atoms with van der Waals surface area (Å²) in [7, 11) is 0. The van der Waals surface area contributed by atoms with Gasteiger partial charge < -0.3 is 21.3 Å². The molecular weight excluding hydrogens is 196 g/mol. The Hall–Kier alpha value is -0.650. The molecule has 5 nitrogen and oxygen atoms in total. The van der Waals surface area contributed by atoms with Crippen LogP contribution < -0.4 is 11.1 Å². The summed E-state index contributed by atoms with van der Waals surface area (Å²) in [5, 5.41) is 20.8. The molecule has 0 saturated heterocycles. The van der Waals surface area contributed by atoms with E-state index in [9.17, 15) is 4.79 Å². The van der Waals surface area contributed by atoms with E-state index in [1.807, 2.05) is 6.92 Å². The van der Waals surface area contributed by atoms with Crippen molar-refractivity contribution in [1.29, 1.82) is 0 Å². The summed E-state index contributed by atoms with van der Waals surface area (Å²) in [5.74, 6) is -0.227. The molecule has 0 saturated carbocycles. The van der Waals surface area contributed by atoms with Crippen LogP contribution in [0.2, 0.25) is 0 Å². The van der Waals surface area contributed by atoms with Crippen molar-refractivity contribution in [3.05, 3.63) is 0 Å². The third kappa shape index (κ3) is 4.59. The van der Waals surface area contributed by atoms with Crippen molar-refractivity contribution in [1.82, 2.24) is 5.32 Å². The number of amides is 1. The van der Waals surface area contributed by atoms with Gasteiger partial charge in [-0.05, 0) is 12.8 Å². The lowest BCUT2D eigenvalue weighted by Gasteiger charge is -2.30. The smallest absolute Gasteiger partial charge is 0.222 e. The van der Waals surface area contributed by atoms with E-state index in [2.05, 4.69) is 5.32 Å². The molecule has 0 aliphatic carbocycles. The third-order valence-corrected chi connectivity index (χ3v) is 2.66. The fourth-order valence-corrected chi connectivity index (χ4v) is 1.17. The average molecular weight is 218 g/mol. The van der Waals surface area contributed by atoms with E-state index in [4.69, 9.17) is 15.9 Å². The summed E-state index contributed by atoms with van der Waals surface area (Å²) in [6, 6.07) is -0.169. The first kappa shape index (κ1) is 14.3. The SMILES string of the molecule is CCC(N)CC(=O)NC(CC)(CO)CO. The van der Waals surface area contributed by atoms with Crippen LogP contribution in [0.5, 0.6) is 0 Å². The minimum absolute atomic E-state index is 0.169. The van der Waals surface area contributed by atoms with Gasteiger partial charge in [0.25, 0.3) is 0 Å². The number of carbonyl (C=O) groups excluding carboxylic acids is 1. The molecular formula is C10H22N2O3. The zero-order valence-corrected chi connectivity index (χ0v) is 9.49. The number of aliphatic hydroxyl groups excluding tert-OH is 2. The Morgan fingerprint density at radius 3 is 2.27 bits per heavy atom. The molecule has 0 aromatic carbocycles. The van der Waals surface area contributed by atoms with Crippen molar-refractivity contribution in [2.75, 3.05) is 13.2 Å². The fourth-order valence-electron chi connectivity index (χ4n) is 1.17. The number of nitrogens with one attached hydrogen (secondary N) is 1. The number of nitrogens with two attached hydrogens (primary N) is 1. The molecule has 0 bridgehead atoms. The molecule has 0 heterocycles. The molecule has 15 heavy (non-hydrogen) atoms. The standard InChI is InChI=1S/C10H22N2O3/c1-3-8(11)5-9(15)12-10(4-2,6-13)7-14/h8,13-14H,3-7,11H2,1-2H3,(H,12,15). The summed E-state index contributed by atoms with van der Waals surface area (Å²) >= 11 is 0. The monoisotopic (exact) mass is 218 g/mol. The van der Waals surface area contributed by atoms with Gasteiger partial charge in [0.05, 0.1) is 18.8 Å². The highest BCUT2D eigenvalue weighted by atomic mass is 16.3. The van der Waals surface area contributed by atoms with Crippen molar-refractivity contribution in [2.24, 2.45) is 5.73 Å². The van der Waals surface area contributed by atoms with Crippen LogP contribution in [-0.2, 0) is 4.79 Å². The van der Waals surface area contributed by atoms with E-state index in [1.165, 1.54) is 0 Å². The zero-order valence-electron chi connectivity index (χ0n) is 9.49. The summed E-state index contributed by atoms with van der Waals surface area (Å²) in [4.78, 5) is 11.5. The number of hydrogen-bond acceptors (Lipinski definition) is 4. The molecule has 0 aromatic rings. The first-order valence-corrected chi connectivity index (χ1v) is 5.31. The molecule has 0 fully saturated rings. The Labute approximate surface area is 90.7 Å². The lowest BCUT2D eigenvalue weighted by atomic mass is 9.98. The topological polar surface area (TPSA) is 95.6 Å². The summed E-state index contributed by atoms with van der Waals surface area (Å²) < 4.78 is 0. The van der Waals surface area contributed by atoms with Crippen LogP contribution in [0.25, 0.3) is 0 Å². The number of carbonyl (C=O) groups is 1. The number of rotatable bonds is 7. The third-order valence-electron chi connectivity index (χ3n) is 2.66. The first-order chi connectivity index (χ1) is 7.03. The minimum atomic E-state index is -0.912. The lowest BCUT2D eigenvalue weighted by molar-refractivity contribution is -0.124. The van der Waals surface area contributed by atoms with E-state index in [0.717, 1.165) is 6.42 Å². The van der Waals surface area contributed by atoms with E-state index < -0.39 is 5.54 Å². The molecule has 0 aliphatic heterocycles. The molecule has 0 spiro atoms. The molecule has 0 rings (SSSR count). The number of hydrogen-bond donors (Lipinski definition) is 4. The van der Waals surface area contributed by atoms with Crippen molar-refractivity contribution in [3.63, 3.8) is 0 Å². The minimum Gasteiger partial charge on any atom is -0.394 e. The molecule has 1 atom stereocenters. The van der Waals surface area contributed by atoms with Gasteiger partial charge in [0.2, 0.25) is 5.91 Å². The highest BCUT2D eigenvalue weighted by Crippen LogP contribution is 2.09. The van der Waals surface area contributed by atoms with Gasteiger partial charge in [-0.3, -0.25) is 4.79 Å². The van der Waals surface area contributed by atoms with E-state index in [0.29, 0.717) is 6.42 Å². The molecule has 5 N–H and O–H groups in total. The Balaban J connectivity index is 4.23. The van der Waals surface area contributed by atoms with Crippen LogP contribution in [0, 0.1) is 0 Å². The maximum absolute atomic E-state index is 11.5. The van der Waals surface area contributed by atoms with Crippen LogP contribution >= 0.6 is 0 Å². The van der Waals surface area contributed by atoms with Gasteiger partial charge in [-0.25, -0.2) is 0 Å². The van der Waals surface area contributed by atoms with Crippen molar-refractivity contribution in [3.8, 4) is 0 Å². The predicted molar refractivity (Wildman–Crippen MR) is 58.2 cm³/mol. The molecule has 5 heteroatoms. The molecule has 90 valence electrons. The van der Waals surface area contributed by atoms with Gasteiger partial charge in [-0.2, -0.15) is 0 Å². The quantitative estimate of drug-likeness (QED) is 0.457. The fraction of sp³-hybridized carbons (Fsp3) is 0.900. The Kier molecular flexibility index (Phi) is 6.47. The second kappa shape index (κ2) is 6.76. The maximum Gasteiger partial charge on any atom is 0.222 e. The molecule has 1 unspecified atom stereocenters. The largest absolute Gasteiger partial charge is 0.394 e. The van der Waals surface area contributed by atoms with Crippen molar-refractivity contribution in [2.45, 2.75) is 44.7 Å². The first-order valence-electron chi connectivity index (χ1n) is 5.31. The molecule has 1 amide bonds. The van der Waals surface area contributed by atoms with Gasteiger partial charge in [0.15, 0.2) is 0 Å². The van der Waals surface area contributed by atoms with Crippen LogP contribution in [0.1, 0.15) is 33.1 Å². The number of aliphatic hydroxyl groups is 2. The van der Waals surface area contributed by atoms with E-state index in [-0.39, 0.29) is 31.6 Å². The second-order valence-corrected chi connectivity index (χ2v) is 3.87. The summed E-state index contributed by atoms with van der Waals surface area (Å²) in [6.07, 6.45) is 1.43. The van der Waals surface area contributed by atoms with Crippen molar-refractivity contribution >= 4 is 5.91 Å². The summed E-state index contributed by atoms with van der Waals surface area (Å²) in [5.41, 5.74) is 4.72. The van der Waals surface area contributed by atoms with Gasteiger partial charge >= 0.3 is 0 Å². The maximum atomic E-state index is 11.5. The van der Waals surface area contributed by atoms with Crippen LogP contribution in [-0.4, -0.2) is 40.9 Å². The Bertz CT molecular complexity index is 185. The normalized spacial score (nSPS) is 13.7.